The van der Waals surface area contributed by atoms with Crippen molar-refractivity contribution in [2.45, 2.75) is 13.5 Å². The third-order valence-corrected chi connectivity index (χ3v) is 2.68. The van der Waals surface area contributed by atoms with E-state index < -0.39 is 0 Å². The Hall–Kier alpha value is -1.86. The number of benzene rings is 1. The third-order valence-electron chi connectivity index (χ3n) is 2.36. The average molecular weight is 229 g/mol. The SMILES string of the molecule is C=C(C)Cn1c(=S)[nH]c2c(C#N)cccc21. The molecule has 0 bridgehead atoms. The van der Waals surface area contributed by atoms with Crippen molar-refractivity contribution < 1.29 is 0 Å². The van der Waals surface area contributed by atoms with E-state index in [0.29, 0.717) is 16.9 Å². The molecule has 0 aliphatic carbocycles. The molecule has 16 heavy (non-hydrogen) atoms. The maximum absolute atomic E-state index is 8.99. The Morgan fingerprint density at radius 1 is 1.62 bits per heavy atom. The van der Waals surface area contributed by atoms with E-state index in [4.69, 9.17) is 17.5 Å². The zero-order chi connectivity index (χ0) is 11.7. The van der Waals surface area contributed by atoms with E-state index in [2.05, 4.69) is 17.6 Å². The second-order valence-corrected chi connectivity index (χ2v) is 4.17. The molecule has 1 heterocycles. The summed E-state index contributed by atoms with van der Waals surface area (Å²) >= 11 is 5.24. The van der Waals surface area contributed by atoms with Gasteiger partial charge >= 0.3 is 0 Å². The molecule has 0 saturated heterocycles. The van der Waals surface area contributed by atoms with Crippen molar-refractivity contribution >= 4 is 23.3 Å². The van der Waals surface area contributed by atoms with Gasteiger partial charge in [-0.15, -0.1) is 0 Å². The van der Waals surface area contributed by atoms with Gasteiger partial charge in [0.2, 0.25) is 0 Å². The lowest BCUT2D eigenvalue weighted by Crippen LogP contribution is -1.98. The van der Waals surface area contributed by atoms with Gasteiger partial charge in [-0.1, -0.05) is 18.2 Å². The highest BCUT2D eigenvalue weighted by Crippen LogP contribution is 2.18. The Labute approximate surface area is 98.6 Å². The molecule has 2 aromatic rings. The van der Waals surface area contributed by atoms with Crippen LogP contribution in [0, 0.1) is 16.1 Å². The van der Waals surface area contributed by atoms with Gasteiger partial charge in [0.15, 0.2) is 4.77 Å². The van der Waals surface area contributed by atoms with E-state index in [1.54, 1.807) is 6.07 Å². The molecule has 4 heteroatoms. The number of nitrogens with one attached hydrogen (secondary N) is 1. The predicted octanol–water partition coefficient (Wildman–Crippen LogP) is 3.15. The molecule has 0 unspecified atom stereocenters. The number of hydrogen-bond donors (Lipinski definition) is 1. The zero-order valence-electron chi connectivity index (χ0n) is 8.95. The van der Waals surface area contributed by atoms with E-state index in [-0.39, 0.29) is 0 Å². The lowest BCUT2D eigenvalue weighted by atomic mass is 10.2. The molecular weight excluding hydrogens is 218 g/mol. The van der Waals surface area contributed by atoms with Crippen LogP contribution in [0.1, 0.15) is 12.5 Å². The van der Waals surface area contributed by atoms with Crippen LogP contribution in [0.2, 0.25) is 0 Å². The molecule has 2 rings (SSSR count). The van der Waals surface area contributed by atoms with Crippen LogP contribution in [0.15, 0.2) is 30.4 Å². The fourth-order valence-electron chi connectivity index (χ4n) is 1.70. The molecule has 0 spiro atoms. The minimum atomic E-state index is 0.615. The first kappa shape index (κ1) is 10.7. The summed E-state index contributed by atoms with van der Waals surface area (Å²) in [4.78, 5) is 3.07. The second kappa shape index (κ2) is 3.95. The van der Waals surface area contributed by atoms with Crippen molar-refractivity contribution in [2.24, 2.45) is 0 Å². The molecule has 0 atom stereocenters. The molecule has 80 valence electrons. The molecule has 0 amide bonds. The fraction of sp³-hybridized carbons (Fsp3) is 0.167. The molecule has 1 N–H and O–H groups in total. The van der Waals surface area contributed by atoms with E-state index in [9.17, 15) is 0 Å². The Morgan fingerprint density at radius 3 is 3.00 bits per heavy atom. The van der Waals surface area contributed by atoms with E-state index in [1.165, 1.54) is 0 Å². The standard InChI is InChI=1S/C12H11N3S/c1-8(2)7-15-10-5-3-4-9(6-13)11(10)14-12(15)16/h3-5H,1,7H2,2H3,(H,14,16). The largest absolute Gasteiger partial charge is 0.329 e. The molecule has 0 aliphatic heterocycles. The minimum Gasteiger partial charge on any atom is -0.329 e. The number of hydrogen-bond acceptors (Lipinski definition) is 2. The fourth-order valence-corrected chi connectivity index (χ4v) is 1.97. The van der Waals surface area contributed by atoms with E-state index in [0.717, 1.165) is 16.6 Å². The van der Waals surface area contributed by atoms with Crippen LogP contribution in [0.3, 0.4) is 0 Å². The van der Waals surface area contributed by atoms with Gasteiger partial charge in [-0.2, -0.15) is 5.26 Å². The molecule has 0 radical (unpaired) electrons. The van der Waals surface area contributed by atoms with Crippen molar-refractivity contribution in [1.82, 2.24) is 9.55 Å². The highest BCUT2D eigenvalue weighted by molar-refractivity contribution is 7.71. The quantitative estimate of drug-likeness (QED) is 0.635. The van der Waals surface area contributed by atoms with Crippen LogP contribution in [0.25, 0.3) is 11.0 Å². The zero-order valence-corrected chi connectivity index (χ0v) is 9.77. The number of fused-ring (bicyclic) bond motifs is 1. The molecule has 0 aliphatic rings. The van der Waals surface area contributed by atoms with Gasteiger partial charge in [0.25, 0.3) is 0 Å². The number of aromatic amines is 1. The van der Waals surface area contributed by atoms with Crippen LogP contribution >= 0.6 is 12.2 Å². The van der Waals surface area contributed by atoms with Crippen molar-refractivity contribution in [2.75, 3.05) is 0 Å². The Morgan fingerprint density at radius 2 is 2.38 bits per heavy atom. The first-order valence-corrected chi connectivity index (χ1v) is 5.30. The molecule has 0 fully saturated rings. The number of imidazole rings is 1. The number of allylic oxidation sites excluding steroid dienone is 1. The topological polar surface area (TPSA) is 44.5 Å². The predicted molar refractivity (Wildman–Crippen MR) is 66.7 cm³/mol. The monoisotopic (exact) mass is 229 g/mol. The Kier molecular flexibility index (Phi) is 2.63. The van der Waals surface area contributed by atoms with Gasteiger partial charge in [0.05, 0.1) is 16.6 Å². The normalized spacial score (nSPS) is 10.2. The van der Waals surface area contributed by atoms with Gasteiger partial charge in [0.1, 0.15) is 6.07 Å². The van der Waals surface area contributed by atoms with E-state index in [1.807, 2.05) is 23.6 Å². The molecule has 1 aromatic carbocycles. The lowest BCUT2D eigenvalue weighted by Gasteiger charge is -2.03. The van der Waals surface area contributed by atoms with Crippen LogP contribution in [0.4, 0.5) is 0 Å². The van der Waals surface area contributed by atoms with Crippen LogP contribution in [-0.2, 0) is 6.54 Å². The van der Waals surface area contributed by atoms with E-state index >= 15 is 0 Å². The molecule has 1 aromatic heterocycles. The summed E-state index contributed by atoms with van der Waals surface area (Å²) < 4.78 is 2.58. The number of rotatable bonds is 2. The summed E-state index contributed by atoms with van der Waals surface area (Å²) in [6.45, 7) is 6.50. The Bertz CT molecular complexity index is 655. The summed E-state index contributed by atoms with van der Waals surface area (Å²) in [5.74, 6) is 0. The summed E-state index contributed by atoms with van der Waals surface area (Å²) in [6, 6.07) is 7.74. The van der Waals surface area contributed by atoms with Crippen LogP contribution in [0.5, 0.6) is 0 Å². The second-order valence-electron chi connectivity index (χ2n) is 3.78. The molecular formula is C12H11N3S. The maximum atomic E-state index is 8.99. The Balaban J connectivity index is 2.77. The summed E-state index contributed by atoms with van der Waals surface area (Å²) in [5.41, 5.74) is 3.40. The van der Waals surface area contributed by atoms with Crippen LogP contribution < -0.4 is 0 Å². The minimum absolute atomic E-state index is 0.615. The lowest BCUT2D eigenvalue weighted by molar-refractivity contribution is 0.798. The van der Waals surface area contributed by atoms with Gasteiger partial charge in [-0.05, 0) is 31.3 Å². The maximum Gasteiger partial charge on any atom is 0.178 e. The number of nitriles is 1. The summed E-state index contributed by atoms with van der Waals surface area (Å²) in [7, 11) is 0. The number of para-hydroxylation sites is 1. The molecule has 0 saturated carbocycles. The van der Waals surface area contributed by atoms with Gasteiger partial charge in [0, 0.05) is 6.54 Å². The highest BCUT2D eigenvalue weighted by atomic mass is 32.1. The van der Waals surface area contributed by atoms with Gasteiger partial charge in [-0.25, -0.2) is 0 Å². The highest BCUT2D eigenvalue weighted by Gasteiger charge is 2.07. The summed E-state index contributed by atoms with van der Waals surface area (Å²) in [5, 5.41) is 8.99. The number of H-pyrrole nitrogens is 1. The van der Waals surface area contributed by atoms with Gasteiger partial charge in [-0.3, -0.25) is 0 Å². The summed E-state index contributed by atoms with van der Waals surface area (Å²) in [6.07, 6.45) is 0. The third kappa shape index (κ3) is 1.66. The molecule has 3 nitrogen and oxygen atoms in total. The van der Waals surface area contributed by atoms with Crippen LogP contribution in [-0.4, -0.2) is 9.55 Å². The van der Waals surface area contributed by atoms with Crippen molar-refractivity contribution in [1.29, 1.82) is 5.26 Å². The first-order chi connectivity index (χ1) is 7.63. The number of aromatic nitrogens is 2. The average Bonchev–Trinajstić information content (AvgIpc) is 2.55. The smallest absolute Gasteiger partial charge is 0.178 e. The first-order valence-electron chi connectivity index (χ1n) is 4.89. The van der Waals surface area contributed by atoms with Crippen molar-refractivity contribution in [3.05, 3.63) is 40.7 Å². The van der Waals surface area contributed by atoms with Crippen molar-refractivity contribution in [3.63, 3.8) is 0 Å². The van der Waals surface area contributed by atoms with Crippen molar-refractivity contribution in [3.8, 4) is 6.07 Å². The number of nitrogens with zero attached hydrogens (tertiary/aromatic N) is 2. The van der Waals surface area contributed by atoms with Gasteiger partial charge < -0.3 is 9.55 Å².